The summed E-state index contributed by atoms with van der Waals surface area (Å²) in [6.45, 7) is 8.53. The highest BCUT2D eigenvalue weighted by Crippen LogP contribution is 2.22. The van der Waals surface area contributed by atoms with Crippen LogP contribution in [0.15, 0.2) is 75.0 Å². The molecule has 0 saturated heterocycles. The van der Waals surface area contributed by atoms with Crippen LogP contribution in [0, 0.1) is 28.6 Å². The van der Waals surface area contributed by atoms with Crippen LogP contribution in [0.25, 0.3) is 0 Å². The molecule has 0 fully saturated rings. The molecule has 0 aromatic heterocycles. The van der Waals surface area contributed by atoms with Gasteiger partial charge in [-0.25, -0.2) is 16.3 Å². The van der Waals surface area contributed by atoms with Gasteiger partial charge in [-0.1, -0.05) is 6.07 Å². The van der Waals surface area contributed by atoms with Gasteiger partial charge in [-0.3, -0.25) is 36.7 Å². The third-order valence-electron chi connectivity index (χ3n) is 7.13. The Morgan fingerprint density at radius 1 is 0.577 bits per heavy atom. The van der Waals surface area contributed by atoms with Gasteiger partial charge in [-0.15, -0.1) is 0 Å². The summed E-state index contributed by atoms with van der Waals surface area (Å²) in [5, 5.41) is 51.5. The molecule has 3 aromatic rings. The van der Waals surface area contributed by atoms with Gasteiger partial charge in [-0.05, 0) is 88.7 Å². The first-order chi connectivity index (χ1) is 24.6. The van der Waals surface area contributed by atoms with Crippen LogP contribution in [0.4, 0.5) is 11.4 Å². The van der Waals surface area contributed by atoms with Gasteiger partial charge < -0.3 is 27.8 Å². The highest BCUT2D eigenvalue weighted by molar-refractivity contribution is 6.12. The molecule has 0 aliphatic heterocycles. The normalized spacial score (nSPS) is 11.9. The summed E-state index contributed by atoms with van der Waals surface area (Å²) >= 11 is 0. The van der Waals surface area contributed by atoms with Crippen molar-refractivity contribution in [1.82, 2.24) is 21.7 Å². The maximum absolute atomic E-state index is 13.7. The first-order valence-corrected chi connectivity index (χ1v) is 15.3. The number of nitrogens with zero attached hydrogens (tertiary/aromatic N) is 4. The molecule has 0 heterocycles. The molecule has 0 aliphatic carbocycles. The average Bonchev–Trinajstić information content (AvgIpc) is 3.10. The molecule has 0 unspecified atom stereocenters. The maximum atomic E-state index is 13.7. The molecule has 3 aromatic carbocycles. The van der Waals surface area contributed by atoms with E-state index < -0.39 is 11.8 Å². The zero-order valence-corrected chi connectivity index (χ0v) is 29.1. The highest BCUT2D eigenvalue weighted by atomic mass is 16.2. The summed E-state index contributed by atoms with van der Waals surface area (Å²) in [5.41, 5.74) is 31.8. The molecule has 3 rings (SSSR count). The summed E-state index contributed by atoms with van der Waals surface area (Å²) in [7, 11) is 0. The largest absolute Gasteiger partial charge is 0.369 e. The van der Waals surface area contributed by atoms with Crippen molar-refractivity contribution < 1.29 is 9.59 Å². The summed E-state index contributed by atoms with van der Waals surface area (Å²) < 4.78 is 0. The second-order valence-electron chi connectivity index (χ2n) is 11.2. The lowest BCUT2D eigenvalue weighted by molar-refractivity contribution is 0.102. The van der Waals surface area contributed by atoms with Crippen LogP contribution in [-0.4, -0.2) is 58.9 Å². The number of carbonyl (C=O) groups is 2. The molecule has 0 radical (unpaired) electrons. The highest BCUT2D eigenvalue weighted by Gasteiger charge is 2.17. The number of amides is 2. The van der Waals surface area contributed by atoms with E-state index in [1.165, 1.54) is 6.07 Å². The first kappa shape index (κ1) is 39.0. The Labute approximate surface area is 299 Å². The Morgan fingerprint density at radius 2 is 0.962 bits per heavy atom. The minimum absolute atomic E-state index is 0.202. The van der Waals surface area contributed by atoms with Crippen LogP contribution in [-0.2, 0) is 0 Å². The molecule has 19 heteroatoms. The number of hydrazone groups is 4. The summed E-state index contributed by atoms with van der Waals surface area (Å²) in [6.07, 6.45) is 0.924. The standard InChI is InChI=1S/C33H41N17O2/c1-16-6-7-21(29(51)42-26-10-22(17(2)44-41-15-34)8-23(11-26)18(3)45-48-31(35)36)14-28(16)30(52)43-27-12-24(19(4)46-49-32(37)38)9-25(13-27)20(5)47-50-33(39)40/h6-15H,1-5H3,(H2,34,41)(H,42,51)(H,43,52)(H4,35,36,48)(H4,37,38,49)(H4,39,40,50)/b44-17-,45-18-,46-19-,47-20+. The van der Waals surface area contributed by atoms with Gasteiger partial charge in [0.2, 0.25) is 17.9 Å². The van der Waals surface area contributed by atoms with E-state index in [4.69, 9.17) is 38.8 Å². The summed E-state index contributed by atoms with van der Waals surface area (Å²) in [5.74, 6) is -2.05. The van der Waals surface area contributed by atoms with Crippen molar-refractivity contribution in [1.29, 1.82) is 21.6 Å². The number of nitrogens with one attached hydrogen (secondary N) is 10. The summed E-state index contributed by atoms with van der Waals surface area (Å²) in [4.78, 5) is 27.3. The minimum Gasteiger partial charge on any atom is -0.369 e. The third kappa shape index (κ3) is 11.3. The van der Waals surface area contributed by atoms with E-state index in [1.807, 2.05) is 0 Å². The Morgan fingerprint density at radius 3 is 1.35 bits per heavy atom. The molecular formula is C33H41N17O2. The number of rotatable bonds is 13. The van der Waals surface area contributed by atoms with Crippen LogP contribution in [0.1, 0.15) is 76.2 Å². The van der Waals surface area contributed by atoms with Crippen molar-refractivity contribution in [3.63, 3.8) is 0 Å². The molecule has 52 heavy (non-hydrogen) atoms. The number of anilines is 2. The molecular weight excluding hydrogens is 666 g/mol. The summed E-state index contributed by atoms with van der Waals surface area (Å²) in [6, 6.07) is 15.0. The SMILES string of the molecule is C/C(=N/NC=N)c1cc(NC(=O)c2ccc(C)c(C(=O)Nc3cc(/C(C)=N\NC(=N)N)cc(/C(C)=N/NC(=N)N)c3)c2)cc(/C(C)=N\NC(=N)N)c1. The van der Waals surface area contributed by atoms with Gasteiger partial charge in [0.25, 0.3) is 11.8 Å². The van der Waals surface area contributed by atoms with Gasteiger partial charge in [0.1, 0.15) is 0 Å². The molecule has 0 spiro atoms. The van der Waals surface area contributed by atoms with E-state index in [0.717, 1.165) is 6.34 Å². The number of nitrogens with two attached hydrogens (primary N) is 3. The smallest absolute Gasteiger partial charge is 0.255 e. The Hall–Kier alpha value is -7.44. The van der Waals surface area contributed by atoms with Crippen molar-refractivity contribution in [2.75, 3.05) is 10.6 Å². The van der Waals surface area contributed by atoms with Gasteiger partial charge in [0.05, 0.1) is 29.2 Å². The quantitative estimate of drug-likeness (QED) is 0.0701. The molecule has 0 bridgehead atoms. The van der Waals surface area contributed by atoms with Crippen molar-refractivity contribution in [3.8, 4) is 0 Å². The van der Waals surface area contributed by atoms with Gasteiger partial charge in [0, 0.05) is 44.8 Å². The molecule has 0 aliphatic rings. The number of guanidine groups is 3. The Kier molecular flexibility index (Phi) is 13.4. The zero-order chi connectivity index (χ0) is 38.5. The van der Waals surface area contributed by atoms with Crippen LogP contribution >= 0.6 is 0 Å². The van der Waals surface area contributed by atoms with E-state index in [-0.39, 0.29) is 29.0 Å². The first-order valence-electron chi connectivity index (χ1n) is 15.3. The number of benzene rings is 3. The number of hydrogen-bond donors (Lipinski definition) is 13. The fourth-order valence-corrected chi connectivity index (χ4v) is 4.46. The van der Waals surface area contributed by atoms with Crippen LogP contribution < -0.4 is 49.5 Å². The molecule has 0 saturated carbocycles. The van der Waals surface area contributed by atoms with Gasteiger partial charge in [-0.2, -0.15) is 20.4 Å². The van der Waals surface area contributed by atoms with E-state index in [1.54, 1.807) is 83.1 Å². The van der Waals surface area contributed by atoms with E-state index in [9.17, 15) is 9.59 Å². The van der Waals surface area contributed by atoms with Gasteiger partial charge >= 0.3 is 0 Å². The van der Waals surface area contributed by atoms with E-state index in [0.29, 0.717) is 62.0 Å². The monoisotopic (exact) mass is 707 g/mol. The number of hydrogen-bond acceptors (Lipinski definition) is 10. The lowest BCUT2D eigenvalue weighted by Gasteiger charge is -2.14. The fourth-order valence-electron chi connectivity index (χ4n) is 4.46. The minimum atomic E-state index is -0.500. The van der Waals surface area contributed by atoms with Crippen molar-refractivity contribution >= 4 is 70.3 Å². The lowest BCUT2D eigenvalue weighted by Crippen LogP contribution is -2.27. The molecule has 19 nitrogen and oxygen atoms in total. The molecule has 16 N–H and O–H groups in total. The second kappa shape index (κ2) is 17.8. The predicted octanol–water partition coefficient (Wildman–Crippen LogP) is 2.04. The van der Waals surface area contributed by atoms with Crippen LogP contribution in [0.2, 0.25) is 0 Å². The van der Waals surface area contributed by atoms with Gasteiger partial charge in [0.15, 0.2) is 0 Å². The van der Waals surface area contributed by atoms with Crippen LogP contribution in [0.3, 0.4) is 0 Å². The second-order valence-corrected chi connectivity index (χ2v) is 11.2. The number of aryl methyl sites for hydroxylation is 1. The molecule has 0 atom stereocenters. The molecule has 2 amide bonds. The van der Waals surface area contributed by atoms with Crippen molar-refractivity contribution in [2.45, 2.75) is 34.6 Å². The predicted molar refractivity (Wildman–Crippen MR) is 206 cm³/mol. The lowest BCUT2D eigenvalue weighted by atomic mass is 10.0. The topological polar surface area (TPSA) is 329 Å². The maximum Gasteiger partial charge on any atom is 0.255 e. The zero-order valence-electron chi connectivity index (χ0n) is 29.1. The Balaban J connectivity index is 1.98. The van der Waals surface area contributed by atoms with E-state index in [2.05, 4.69) is 52.7 Å². The Bertz CT molecular complexity index is 2000. The van der Waals surface area contributed by atoms with E-state index >= 15 is 0 Å². The fraction of sp³-hybridized carbons (Fsp3) is 0.152. The third-order valence-corrected chi connectivity index (χ3v) is 7.13. The number of carbonyl (C=O) groups excluding carboxylic acids is 2. The van der Waals surface area contributed by atoms with Crippen molar-refractivity contribution in [3.05, 3.63) is 93.5 Å². The molecule has 270 valence electrons. The van der Waals surface area contributed by atoms with Crippen LogP contribution in [0.5, 0.6) is 0 Å². The average molecular weight is 708 g/mol. The van der Waals surface area contributed by atoms with Crippen molar-refractivity contribution in [2.24, 2.45) is 37.6 Å².